The summed E-state index contributed by atoms with van der Waals surface area (Å²) >= 11 is 0. The number of nitrogens with two attached hydrogens (primary N) is 1. The van der Waals surface area contributed by atoms with Gasteiger partial charge in [0.2, 0.25) is 0 Å². The molecule has 0 bridgehead atoms. The molecule has 0 amide bonds. The first-order valence-electron chi connectivity index (χ1n) is 7.64. The van der Waals surface area contributed by atoms with Gasteiger partial charge >= 0.3 is 0 Å². The SMILES string of the molecule is CCN(C(C)COC)C(CN)c1ccc2ccccc2c1. The van der Waals surface area contributed by atoms with Gasteiger partial charge in [-0.3, -0.25) is 4.90 Å². The number of benzene rings is 2. The molecule has 2 aromatic rings. The average molecular weight is 286 g/mol. The van der Waals surface area contributed by atoms with Crippen LogP contribution in [0.5, 0.6) is 0 Å². The molecular weight excluding hydrogens is 260 g/mol. The molecule has 2 unspecified atom stereocenters. The van der Waals surface area contributed by atoms with Gasteiger partial charge in [0.05, 0.1) is 6.61 Å². The Morgan fingerprint density at radius 1 is 1.14 bits per heavy atom. The highest BCUT2D eigenvalue weighted by Gasteiger charge is 2.22. The highest BCUT2D eigenvalue weighted by Crippen LogP contribution is 2.25. The lowest BCUT2D eigenvalue weighted by atomic mass is 9.99. The first kappa shape index (κ1) is 16.0. The van der Waals surface area contributed by atoms with Crippen LogP contribution in [-0.2, 0) is 4.74 Å². The number of hydrogen-bond donors (Lipinski definition) is 1. The maximum Gasteiger partial charge on any atom is 0.0615 e. The third-order valence-corrected chi connectivity index (χ3v) is 4.12. The molecular formula is C18H26N2O. The second-order valence-corrected chi connectivity index (χ2v) is 5.49. The van der Waals surface area contributed by atoms with Crippen molar-refractivity contribution >= 4 is 10.8 Å². The van der Waals surface area contributed by atoms with Crippen molar-refractivity contribution in [1.29, 1.82) is 0 Å². The lowest BCUT2D eigenvalue weighted by Crippen LogP contribution is -2.42. The van der Waals surface area contributed by atoms with E-state index in [-0.39, 0.29) is 6.04 Å². The van der Waals surface area contributed by atoms with E-state index in [4.69, 9.17) is 10.5 Å². The van der Waals surface area contributed by atoms with Gasteiger partial charge in [-0.1, -0.05) is 43.3 Å². The highest BCUT2D eigenvalue weighted by molar-refractivity contribution is 5.83. The Labute approximate surface area is 127 Å². The third kappa shape index (κ3) is 3.62. The molecule has 3 nitrogen and oxygen atoms in total. The topological polar surface area (TPSA) is 38.5 Å². The quantitative estimate of drug-likeness (QED) is 0.849. The molecule has 0 aliphatic carbocycles. The molecule has 0 saturated carbocycles. The number of rotatable bonds is 7. The van der Waals surface area contributed by atoms with Crippen molar-refractivity contribution in [3.8, 4) is 0 Å². The molecule has 0 heterocycles. The zero-order chi connectivity index (χ0) is 15.2. The number of likely N-dealkylation sites (N-methyl/N-ethyl adjacent to an activating group) is 1. The zero-order valence-electron chi connectivity index (χ0n) is 13.3. The molecule has 0 spiro atoms. The van der Waals surface area contributed by atoms with Gasteiger partial charge in [0.15, 0.2) is 0 Å². The van der Waals surface area contributed by atoms with E-state index in [1.54, 1.807) is 7.11 Å². The van der Waals surface area contributed by atoms with E-state index in [9.17, 15) is 0 Å². The fraction of sp³-hybridized carbons (Fsp3) is 0.444. The maximum absolute atomic E-state index is 6.08. The predicted octanol–water partition coefficient (Wildman–Crippen LogP) is 3.20. The minimum absolute atomic E-state index is 0.227. The van der Waals surface area contributed by atoms with Crippen molar-refractivity contribution in [2.24, 2.45) is 5.73 Å². The molecule has 0 radical (unpaired) electrons. The van der Waals surface area contributed by atoms with Gasteiger partial charge in [-0.2, -0.15) is 0 Å². The monoisotopic (exact) mass is 286 g/mol. The summed E-state index contributed by atoms with van der Waals surface area (Å²) in [5.74, 6) is 0. The van der Waals surface area contributed by atoms with Crippen LogP contribution in [0.4, 0.5) is 0 Å². The molecule has 0 fully saturated rings. The Balaban J connectivity index is 2.32. The number of ether oxygens (including phenoxy) is 1. The summed E-state index contributed by atoms with van der Waals surface area (Å²) in [4.78, 5) is 2.41. The van der Waals surface area contributed by atoms with Crippen LogP contribution in [0.2, 0.25) is 0 Å². The Kier molecular flexibility index (Phi) is 5.74. The Morgan fingerprint density at radius 2 is 1.86 bits per heavy atom. The highest BCUT2D eigenvalue weighted by atomic mass is 16.5. The van der Waals surface area contributed by atoms with Crippen molar-refractivity contribution in [3.05, 3.63) is 48.0 Å². The van der Waals surface area contributed by atoms with Gasteiger partial charge in [-0.25, -0.2) is 0 Å². The maximum atomic E-state index is 6.08. The second kappa shape index (κ2) is 7.55. The van der Waals surface area contributed by atoms with Crippen molar-refractivity contribution in [1.82, 2.24) is 4.90 Å². The van der Waals surface area contributed by atoms with Gasteiger partial charge in [0.25, 0.3) is 0 Å². The van der Waals surface area contributed by atoms with Crippen molar-refractivity contribution in [3.63, 3.8) is 0 Å². The average Bonchev–Trinajstić information content (AvgIpc) is 2.52. The van der Waals surface area contributed by atoms with E-state index in [0.29, 0.717) is 12.6 Å². The summed E-state index contributed by atoms with van der Waals surface area (Å²) < 4.78 is 5.30. The zero-order valence-corrected chi connectivity index (χ0v) is 13.3. The van der Waals surface area contributed by atoms with E-state index in [0.717, 1.165) is 13.2 Å². The molecule has 0 aromatic heterocycles. The first-order chi connectivity index (χ1) is 10.2. The van der Waals surface area contributed by atoms with Crippen molar-refractivity contribution in [2.45, 2.75) is 25.9 Å². The second-order valence-electron chi connectivity index (χ2n) is 5.49. The fourth-order valence-electron chi connectivity index (χ4n) is 3.05. The lowest BCUT2D eigenvalue weighted by molar-refractivity contribution is 0.0752. The molecule has 2 atom stereocenters. The molecule has 0 saturated heterocycles. The van der Waals surface area contributed by atoms with Crippen LogP contribution in [0, 0.1) is 0 Å². The summed E-state index contributed by atoms with van der Waals surface area (Å²) in [5, 5.41) is 2.54. The first-order valence-corrected chi connectivity index (χ1v) is 7.64. The predicted molar refractivity (Wildman–Crippen MR) is 89.5 cm³/mol. The smallest absolute Gasteiger partial charge is 0.0615 e. The van der Waals surface area contributed by atoms with Gasteiger partial charge in [0, 0.05) is 25.7 Å². The Morgan fingerprint density at radius 3 is 2.48 bits per heavy atom. The summed E-state index contributed by atoms with van der Waals surface area (Å²) in [5.41, 5.74) is 7.36. The minimum Gasteiger partial charge on any atom is -0.383 e. The molecule has 3 heteroatoms. The van der Waals surface area contributed by atoms with Gasteiger partial charge in [-0.05, 0) is 35.9 Å². The number of methoxy groups -OCH3 is 1. The third-order valence-electron chi connectivity index (χ3n) is 4.12. The molecule has 0 aliphatic heterocycles. The molecule has 2 aromatic carbocycles. The normalized spacial score (nSPS) is 14.5. The van der Waals surface area contributed by atoms with E-state index in [1.807, 2.05) is 0 Å². The summed E-state index contributed by atoms with van der Waals surface area (Å²) in [7, 11) is 1.75. The standard InChI is InChI=1S/C18H26N2O/c1-4-20(14(2)13-21-3)18(12-19)17-10-9-15-7-5-6-8-16(15)11-17/h5-11,14,18H,4,12-13,19H2,1-3H3. The van der Waals surface area contributed by atoms with Crippen LogP contribution >= 0.6 is 0 Å². The molecule has 2 rings (SSSR count). The van der Waals surface area contributed by atoms with Crippen LogP contribution in [0.1, 0.15) is 25.5 Å². The van der Waals surface area contributed by atoms with E-state index in [1.165, 1.54) is 16.3 Å². The van der Waals surface area contributed by atoms with Crippen molar-refractivity contribution in [2.75, 3.05) is 26.8 Å². The van der Waals surface area contributed by atoms with Crippen molar-refractivity contribution < 1.29 is 4.74 Å². The largest absolute Gasteiger partial charge is 0.383 e. The number of hydrogen-bond acceptors (Lipinski definition) is 3. The van der Waals surface area contributed by atoms with Crippen LogP contribution < -0.4 is 5.73 Å². The van der Waals surface area contributed by atoms with Gasteiger partial charge in [0.1, 0.15) is 0 Å². The molecule has 114 valence electrons. The van der Waals surface area contributed by atoms with Crippen LogP contribution in [0.25, 0.3) is 10.8 Å². The fourth-order valence-corrected chi connectivity index (χ4v) is 3.05. The Hall–Kier alpha value is -1.42. The molecule has 0 aliphatic rings. The number of fused-ring (bicyclic) bond motifs is 1. The summed E-state index contributed by atoms with van der Waals surface area (Å²) in [6.45, 7) is 6.66. The lowest BCUT2D eigenvalue weighted by Gasteiger charge is -2.35. The summed E-state index contributed by atoms with van der Waals surface area (Å²) in [6, 6.07) is 15.7. The minimum atomic E-state index is 0.227. The van der Waals surface area contributed by atoms with Crippen LogP contribution in [0.3, 0.4) is 0 Å². The van der Waals surface area contributed by atoms with Gasteiger partial charge < -0.3 is 10.5 Å². The van der Waals surface area contributed by atoms with Crippen LogP contribution in [-0.4, -0.2) is 37.7 Å². The van der Waals surface area contributed by atoms with E-state index < -0.39 is 0 Å². The summed E-state index contributed by atoms with van der Waals surface area (Å²) in [6.07, 6.45) is 0. The Bertz CT molecular complexity index is 570. The number of nitrogens with zero attached hydrogens (tertiary/aromatic N) is 1. The van der Waals surface area contributed by atoms with E-state index >= 15 is 0 Å². The van der Waals surface area contributed by atoms with E-state index in [2.05, 4.69) is 61.2 Å². The molecule has 2 N–H and O–H groups in total. The van der Waals surface area contributed by atoms with Crippen LogP contribution in [0.15, 0.2) is 42.5 Å². The van der Waals surface area contributed by atoms with Gasteiger partial charge in [-0.15, -0.1) is 0 Å². The molecule has 21 heavy (non-hydrogen) atoms.